The normalized spacial score (nSPS) is 22.9. The molecular weight excluding hydrogens is 761 g/mol. The standard InChI is InChI=1S/C26H18S14/c1-27-19-20(28-2)40-26(39-19)25-33-15-9-13-11(17-35-21-22(36-17)30-6-5-29-21)3-4-12(14(13)10-16(15)34-25)18-37-23-24(38-18)32-8-7-31-23/h3-4,9-10H,5-8H2,1-2H3. The van der Waals surface area contributed by atoms with Crippen LogP contribution in [0.15, 0.2) is 68.0 Å². The van der Waals surface area contributed by atoms with Crippen LogP contribution < -0.4 is 10.4 Å². The second kappa shape index (κ2) is 12.8. The zero-order chi connectivity index (χ0) is 26.8. The molecule has 0 spiro atoms. The summed E-state index contributed by atoms with van der Waals surface area (Å²) in [6.45, 7) is 0. The average molecular weight is 779 g/mol. The monoisotopic (exact) mass is 778 g/mol. The van der Waals surface area contributed by atoms with Gasteiger partial charge in [-0.1, -0.05) is 106 Å². The van der Waals surface area contributed by atoms with Gasteiger partial charge in [0.05, 0.1) is 42.4 Å². The van der Waals surface area contributed by atoms with E-state index in [1.165, 1.54) is 96.4 Å². The van der Waals surface area contributed by atoms with Crippen LogP contribution in [-0.4, -0.2) is 35.5 Å². The van der Waals surface area contributed by atoms with E-state index in [0.717, 1.165) is 0 Å². The predicted octanol–water partition coefficient (Wildman–Crippen LogP) is 11.8. The fraction of sp³-hybridized carbons (Fsp3) is 0.231. The SMILES string of the molecule is CSC1=C(SC)SC(=C2Sc3cc4c(=C5SC6=C(SCCS6)S5)ccc(=C5SC6=C(SCCS6)S5)c4cc3S2)S1. The number of benzene rings is 2. The maximum absolute atomic E-state index is 2.52. The number of thioether (sulfide) groups is 14. The maximum atomic E-state index is 2.52. The van der Waals surface area contributed by atoms with Crippen molar-refractivity contribution in [2.45, 2.75) is 9.79 Å². The van der Waals surface area contributed by atoms with Gasteiger partial charge in [0.25, 0.3) is 0 Å². The molecule has 6 aliphatic heterocycles. The zero-order valence-electron chi connectivity index (χ0n) is 20.9. The number of hydrogen-bond donors (Lipinski definition) is 0. The molecular formula is C26H18S14. The Labute approximate surface area is 294 Å². The Morgan fingerprint density at radius 2 is 0.825 bits per heavy atom. The van der Waals surface area contributed by atoms with Crippen LogP contribution >= 0.6 is 165 Å². The summed E-state index contributed by atoms with van der Waals surface area (Å²) >= 11 is 27.9. The van der Waals surface area contributed by atoms with E-state index in [4.69, 9.17) is 0 Å². The smallest absolute Gasteiger partial charge is 0.0717 e. The number of fused-ring (bicyclic) bond motifs is 2. The lowest BCUT2D eigenvalue weighted by Gasteiger charge is -2.08. The van der Waals surface area contributed by atoms with E-state index in [9.17, 15) is 0 Å². The fourth-order valence-corrected chi connectivity index (χ4v) is 24.3. The molecule has 0 atom stereocenters. The Morgan fingerprint density at radius 1 is 0.450 bits per heavy atom. The summed E-state index contributed by atoms with van der Waals surface area (Å²) in [6.07, 6.45) is 4.40. The molecule has 2 aromatic carbocycles. The number of rotatable bonds is 2. The lowest BCUT2D eigenvalue weighted by Crippen LogP contribution is -2.13. The third-order valence-electron chi connectivity index (χ3n) is 6.18. The van der Waals surface area contributed by atoms with Gasteiger partial charge in [-0.15, -0.1) is 70.6 Å². The summed E-state index contributed by atoms with van der Waals surface area (Å²) < 4.78 is 14.8. The second-order valence-electron chi connectivity index (χ2n) is 8.50. The minimum absolute atomic E-state index is 1.23. The third kappa shape index (κ3) is 5.61. The average Bonchev–Trinajstić information content (AvgIpc) is 3.78. The van der Waals surface area contributed by atoms with Crippen molar-refractivity contribution in [3.8, 4) is 0 Å². The molecule has 0 fully saturated rings. The first kappa shape index (κ1) is 29.7. The van der Waals surface area contributed by atoms with Gasteiger partial charge in [0, 0.05) is 43.2 Å². The van der Waals surface area contributed by atoms with E-state index in [-0.39, 0.29) is 0 Å². The first-order valence-corrected chi connectivity index (χ1v) is 25.0. The van der Waals surface area contributed by atoms with E-state index < -0.39 is 0 Å². The van der Waals surface area contributed by atoms with Gasteiger partial charge in [0.1, 0.15) is 0 Å². The Morgan fingerprint density at radius 3 is 1.20 bits per heavy atom. The van der Waals surface area contributed by atoms with Crippen molar-refractivity contribution in [2.24, 2.45) is 0 Å². The van der Waals surface area contributed by atoms with Crippen LogP contribution in [0.4, 0.5) is 0 Å². The Balaban J connectivity index is 1.26. The molecule has 0 saturated heterocycles. The largest absolute Gasteiger partial charge is 0.121 e. The van der Waals surface area contributed by atoms with Crippen molar-refractivity contribution >= 4 is 184 Å². The number of hydrogen-bond acceptors (Lipinski definition) is 14. The van der Waals surface area contributed by atoms with Crippen LogP contribution in [0.5, 0.6) is 0 Å². The summed E-state index contributed by atoms with van der Waals surface area (Å²) in [7, 11) is 0. The van der Waals surface area contributed by atoms with Crippen molar-refractivity contribution in [3.63, 3.8) is 0 Å². The van der Waals surface area contributed by atoms with Crippen molar-refractivity contribution in [1.82, 2.24) is 0 Å². The van der Waals surface area contributed by atoms with Gasteiger partial charge in [-0.3, -0.25) is 0 Å². The molecule has 8 rings (SSSR count). The lowest BCUT2D eigenvalue weighted by molar-refractivity contribution is 1.29. The molecule has 0 N–H and O–H groups in total. The van der Waals surface area contributed by atoms with Crippen LogP contribution in [0.1, 0.15) is 0 Å². The van der Waals surface area contributed by atoms with E-state index in [1.54, 1.807) is 0 Å². The molecule has 206 valence electrons. The maximum Gasteiger partial charge on any atom is 0.0717 e. The van der Waals surface area contributed by atoms with Crippen LogP contribution in [0, 0.1) is 0 Å². The van der Waals surface area contributed by atoms with E-state index in [2.05, 4.69) is 36.8 Å². The topological polar surface area (TPSA) is 0 Å². The molecule has 2 aromatic rings. The molecule has 0 radical (unpaired) electrons. The van der Waals surface area contributed by atoms with Crippen LogP contribution in [0.3, 0.4) is 0 Å². The molecule has 0 saturated carbocycles. The minimum atomic E-state index is 1.23. The van der Waals surface area contributed by atoms with Crippen LogP contribution in [0.25, 0.3) is 19.2 Å². The van der Waals surface area contributed by atoms with Crippen LogP contribution in [-0.2, 0) is 0 Å². The van der Waals surface area contributed by atoms with Gasteiger partial charge in [-0.05, 0) is 35.4 Å². The molecule has 14 heteroatoms. The molecule has 40 heavy (non-hydrogen) atoms. The first-order chi connectivity index (χ1) is 19.7. The Bertz CT molecular complexity index is 1570. The molecule has 0 nitrogen and oxygen atoms in total. The zero-order valence-corrected chi connectivity index (χ0v) is 32.3. The van der Waals surface area contributed by atoms with Crippen LogP contribution in [0.2, 0.25) is 0 Å². The molecule has 0 amide bonds. The third-order valence-corrected chi connectivity index (χ3v) is 26.1. The van der Waals surface area contributed by atoms with Gasteiger partial charge >= 0.3 is 0 Å². The predicted molar refractivity (Wildman–Crippen MR) is 212 cm³/mol. The first-order valence-electron chi connectivity index (χ1n) is 12.0. The van der Waals surface area contributed by atoms with Crippen molar-refractivity contribution in [3.05, 3.63) is 68.6 Å². The van der Waals surface area contributed by atoms with E-state index in [0.29, 0.717) is 0 Å². The highest BCUT2D eigenvalue weighted by Gasteiger charge is 2.31. The molecule has 0 aliphatic carbocycles. The highest BCUT2D eigenvalue weighted by Crippen LogP contribution is 2.64. The van der Waals surface area contributed by atoms with Crippen molar-refractivity contribution in [2.75, 3.05) is 35.5 Å². The van der Waals surface area contributed by atoms with Gasteiger partial charge in [-0.25, -0.2) is 0 Å². The molecule has 6 heterocycles. The fourth-order valence-electron chi connectivity index (χ4n) is 4.43. The lowest BCUT2D eigenvalue weighted by atomic mass is 10.1. The Kier molecular flexibility index (Phi) is 9.52. The molecule has 6 aliphatic rings. The summed E-state index contributed by atoms with van der Waals surface area (Å²) in [4.78, 5) is 2.83. The second-order valence-corrected chi connectivity index (χ2v) is 25.4. The summed E-state index contributed by atoms with van der Waals surface area (Å²) in [5.41, 5.74) is 0. The highest BCUT2D eigenvalue weighted by atomic mass is 32.3. The van der Waals surface area contributed by atoms with E-state index in [1.807, 2.05) is 165 Å². The molecule has 0 unspecified atom stereocenters. The van der Waals surface area contributed by atoms with Gasteiger partial charge in [-0.2, -0.15) is 0 Å². The minimum Gasteiger partial charge on any atom is -0.121 e. The van der Waals surface area contributed by atoms with Gasteiger partial charge in [0.15, 0.2) is 0 Å². The summed E-state index contributed by atoms with van der Waals surface area (Å²) in [5.74, 6) is 4.91. The quantitative estimate of drug-likeness (QED) is 0.284. The molecule has 0 aromatic heterocycles. The summed E-state index contributed by atoms with van der Waals surface area (Å²) in [5, 5.41) is 5.65. The molecule has 0 bridgehead atoms. The highest BCUT2D eigenvalue weighted by molar-refractivity contribution is 8.47. The van der Waals surface area contributed by atoms with Crippen molar-refractivity contribution < 1.29 is 0 Å². The Hall–Kier alpha value is 2.30. The summed E-state index contributed by atoms with van der Waals surface area (Å²) in [6, 6.07) is 9.88. The van der Waals surface area contributed by atoms with Crippen molar-refractivity contribution in [1.29, 1.82) is 0 Å². The van der Waals surface area contributed by atoms with Gasteiger partial charge < -0.3 is 0 Å². The van der Waals surface area contributed by atoms with Gasteiger partial charge in [0.2, 0.25) is 0 Å². The van der Waals surface area contributed by atoms with E-state index >= 15 is 0 Å².